The van der Waals surface area contributed by atoms with Gasteiger partial charge in [-0.25, -0.2) is 4.39 Å². The Kier molecular flexibility index (Phi) is 5.68. The number of hydrogen-bond acceptors (Lipinski definition) is 3. The van der Waals surface area contributed by atoms with E-state index in [0.29, 0.717) is 5.75 Å². The molecule has 2 rings (SSSR count). The lowest BCUT2D eigenvalue weighted by Gasteiger charge is -2.15. The Labute approximate surface area is 133 Å². The average Bonchev–Trinajstić information content (AvgIpc) is 2.55. The lowest BCUT2D eigenvalue weighted by Crippen LogP contribution is -2.47. The normalized spacial score (nSPS) is 11.4. The van der Waals surface area contributed by atoms with Gasteiger partial charge in [0.2, 0.25) is 5.91 Å². The van der Waals surface area contributed by atoms with E-state index in [0.717, 1.165) is 5.56 Å². The minimum absolute atomic E-state index is 0.161. The van der Waals surface area contributed by atoms with Gasteiger partial charge >= 0.3 is 0 Å². The summed E-state index contributed by atoms with van der Waals surface area (Å²) in [7, 11) is 0. The van der Waals surface area contributed by atoms with Gasteiger partial charge in [0, 0.05) is 0 Å². The van der Waals surface area contributed by atoms with Crippen LogP contribution in [-0.2, 0) is 16.0 Å². The summed E-state index contributed by atoms with van der Waals surface area (Å²) < 4.78 is 18.1. The van der Waals surface area contributed by atoms with Crippen LogP contribution < -0.4 is 15.6 Å². The summed E-state index contributed by atoms with van der Waals surface area (Å²) in [5.41, 5.74) is 5.47. The smallest absolute Gasteiger partial charge is 0.279 e. The molecule has 0 aromatic heterocycles. The molecule has 120 valence electrons. The second kappa shape index (κ2) is 7.93. The molecule has 23 heavy (non-hydrogen) atoms. The van der Waals surface area contributed by atoms with Crippen LogP contribution in [0.4, 0.5) is 4.39 Å². The fraction of sp³-hybridized carbons (Fsp3) is 0.176. The molecule has 2 aromatic carbocycles. The molecule has 0 aliphatic rings. The Morgan fingerprint density at radius 2 is 1.70 bits per heavy atom. The predicted octanol–water partition coefficient (Wildman–Crippen LogP) is 1.98. The summed E-state index contributed by atoms with van der Waals surface area (Å²) in [6.45, 7) is 1.53. The van der Waals surface area contributed by atoms with Crippen LogP contribution in [0.15, 0.2) is 54.6 Å². The third-order valence-corrected chi connectivity index (χ3v) is 3.03. The third-order valence-electron chi connectivity index (χ3n) is 3.03. The standard InChI is InChI=1S/C17H17FN2O3/c1-12(23-15-9-7-14(18)8-10-15)17(22)20-19-16(21)11-13-5-3-2-4-6-13/h2-10,12H,11H2,1H3,(H,19,21)(H,20,22)/t12-/m1/s1. The minimum atomic E-state index is -0.836. The lowest BCUT2D eigenvalue weighted by atomic mass is 10.1. The lowest BCUT2D eigenvalue weighted by molar-refractivity contribution is -0.132. The maximum absolute atomic E-state index is 12.8. The molecule has 0 aliphatic heterocycles. The van der Waals surface area contributed by atoms with Crippen LogP contribution in [0.1, 0.15) is 12.5 Å². The first-order chi connectivity index (χ1) is 11.0. The van der Waals surface area contributed by atoms with Gasteiger partial charge in [-0.1, -0.05) is 30.3 Å². The highest BCUT2D eigenvalue weighted by molar-refractivity contribution is 5.85. The zero-order chi connectivity index (χ0) is 16.7. The molecule has 0 spiro atoms. The number of rotatable bonds is 5. The van der Waals surface area contributed by atoms with E-state index in [9.17, 15) is 14.0 Å². The molecule has 0 heterocycles. The highest BCUT2D eigenvalue weighted by Crippen LogP contribution is 2.12. The van der Waals surface area contributed by atoms with Gasteiger partial charge in [0.15, 0.2) is 6.10 Å². The Bertz CT molecular complexity index is 659. The fourth-order valence-corrected chi connectivity index (χ4v) is 1.83. The molecule has 0 bridgehead atoms. The molecule has 2 N–H and O–H groups in total. The fourth-order valence-electron chi connectivity index (χ4n) is 1.83. The van der Waals surface area contributed by atoms with Crippen molar-refractivity contribution in [1.82, 2.24) is 10.9 Å². The largest absolute Gasteiger partial charge is 0.481 e. The third kappa shape index (κ3) is 5.43. The molecule has 2 amide bonds. The minimum Gasteiger partial charge on any atom is -0.481 e. The van der Waals surface area contributed by atoms with Crippen LogP contribution in [0.5, 0.6) is 5.75 Å². The molecule has 6 heteroatoms. The number of halogens is 1. The van der Waals surface area contributed by atoms with Crippen molar-refractivity contribution in [3.05, 3.63) is 66.0 Å². The van der Waals surface area contributed by atoms with Gasteiger partial charge < -0.3 is 4.74 Å². The number of nitrogens with one attached hydrogen (secondary N) is 2. The SMILES string of the molecule is C[C@@H](Oc1ccc(F)cc1)C(=O)NNC(=O)Cc1ccccc1. The number of benzene rings is 2. The Hall–Kier alpha value is -2.89. The van der Waals surface area contributed by atoms with E-state index in [4.69, 9.17) is 4.74 Å². The van der Waals surface area contributed by atoms with E-state index in [1.807, 2.05) is 30.3 Å². The van der Waals surface area contributed by atoms with Crippen molar-refractivity contribution in [3.63, 3.8) is 0 Å². The Morgan fingerprint density at radius 3 is 2.35 bits per heavy atom. The topological polar surface area (TPSA) is 67.4 Å². The van der Waals surface area contributed by atoms with Crippen LogP contribution in [0.25, 0.3) is 0 Å². The Balaban J connectivity index is 1.77. The van der Waals surface area contributed by atoms with Crippen LogP contribution in [0, 0.1) is 5.82 Å². The van der Waals surface area contributed by atoms with Crippen LogP contribution in [0.3, 0.4) is 0 Å². The Morgan fingerprint density at radius 1 is 1.04 bits per heavy atom. The van der Waals surface area contributed by atoms with Gasteiger partial charge in [0.1, 0.15) is 11.6 Å². The summed E-state index contributed by atoms with van der Waals surface area (Å²) in [6.07, 6.45) is -0.675. The number of hydrazine groups is 1. The zero-order valence-electron chi connectivity index (χ0n) is 12.6. The molecule has 0 saturated carbocycles. The van der Waals surface area contributed by atoms with E-state index in [-0.39, 0.29) is 18.1 Å². The molecule has 0 saturated heterocycles. The molecule has 5 nitrogen and oxygen atoms in total. The van der Waals surface area contributed by atoms with Crippen molar-refractivity contribution < 1.29 is 18.7 Å². The van der Waals surface area contributed by atoms with Gasteiger partial charge in [0.25, 0.3) is 5.91 Å². The predicted molar refractivity (Wildman–Crippen MR) is 82.9 cm³/mol. The maximum atomic E-state index is 12.8. The molecule has 2 aromatic rings. The first-order valence-corrected chi connectivity index (χ1v) is 7.09. The summed E-state index contributed by atoms with van der Waals surface area (Å²) in [6, 6.07) is 14.5. The molecule has 0 radical (unpaired) electrons. The van der Waals surface area contributed by atoms with Crippen molar-refractivity contribution in [2.75, 3.05) is 0 Å². The van der Waals surface area contributed by atoms with Crippen LogP contribution in [0.2, 0.25) is 0 Å². The molecule has 0 unspecified atom stereocenters. The van der Waals surface area contributed by atoms with E-state index in [1.54, 1.807) is 0 Å². The van der Waals surface area contributed by atoms with Crippen molar-refractivity contribution in [3.8, 4) is 5.75 Å². The molecular formula is C17H17FN2O3. The van der Waals surface area contributed by atoms with Crippen molar-refractivity contribution in [2.45, 2.75) is 19.4 Å². The van der Waals surface area contributed by atoms with Crippen LogP contribution in [-0.4, -0.2) is 17.9 Å². The van der Waals surface area contributed by atoms with Crippen molar-refractivity contribution in [1.29, 1.82) is 0 Å². The number of carbonyl (C=O) groups excluding carboxylic acids is 2. The average molecular weight is 316 g/mol. The molecule has 0 aliphatic carbocycles. The quantitative estimate of drug-likeness (QED) is 0.829. The van der Waals surface area contributed by atoms with Gasteiger partial charge in [-0.3, -0.25) is 20.4 Å². The van der Waals surface area contributed by atoms with Crippen molar-refractivity contribution >= 4 is 11.8 Å². The summed E-state index contributed by atoms with van der Waals surface area (Å²) in [4.78, 5) is 23.6. The highest BCUT2D eigenvalue weighted by atomic mass is 19.1. The molecule has 0 fully saturated rings. The second-order valence-electron chi connectivity index (χ2n) is 4.91. The van der Waals surface area contributed by atoms with E-state index in [1.165, 1.54) is 31.2 Å². The van der Waals surface area contributed by atoms with Gasteiger partial charge in [0.05, 0.1) is 6.42 Å². The van der Waals surface area contributed by atoms with E-state index in [2.05, 4.69) is 10.9 Å². The highest BCUT2D eigenvalue weighted by Gasteiger charge is 2.15. The van der Waals surface area contributed by atoms with Gasteiger partial charge in [-0.15, -0.1) is 0 Å². The summed E-state index contributed by atoms with van der Waals surface area (Å²) in [5.74, 6) is -0.860. The number of amides is 2. The van der Waals surface area contributed by atoms with Crippen molar-refractivity contribution in [2.24, 2.45) is 0 Å². The summed E-state index contributed by atoms with van der Waals surface area (Å²) >= 11 is 0. The number of ether oxygens (including phenoxy) is 1. The molecule has 1 atom stereocenters. The van der Waals surface area contributed by atoms with E-state index < -0.39 is 12.0 Å². The second-order valence-corrected chi connectivity index (χ2v) is 4.91. The first kappa shape index (κ1) is 16.5. The molecular weight excluding hydrogens is 299 g/mol. The monoisotopic (exact) mass is 316 g/mol. The number of hydrogen-bond donors (Lipinski definition) is 2. The summed E-state index contributed by atoms with van der Waals surface area (Å²) in [5, 5.41) is 0. The van der Waals surface area contributed by atoms with Crippen LogP contribution >= 0.6 is 0 Å². The van der Waals surface area contributed by atoms with E-state index >= 15 is 0 Å². The van der Waals surface area contributed by atoms with Gasteiger partial charge in [-0.05, 0) is 36.8 Å². The number of carbonyl (C=O) groups is 2. The van der Waals surface area contributed by atoms with Gasteiger partial charge in [-0.2, -0.15) is 0 Å². The first-order valence-electron chi connectivity index (χ1n) is 7.09. The zero-order valence-corrected chi connectivity index (χ0v) is 12.6. The maximum Gasteiger partial charge on any atom is 0.279 e.